The Morgan fingerprint density at radius 3 is 2.79 bits per heavy atom. The highest BCUT2D eigenvalue weighted by atomic mass is 19.3. The summed E-state index contributed by atoms with van der Waals surface area (Å²) in [5.41, 5.74) is 0.747. The fraction of sp³-hybridized carbons (Fsp3) is 0.308. The molecule has 6 heteroatoms. The second kappa shape index (κ2) is 5.79. The van der Waals surface area contributed by atoms with E-state index in [-0.39, 0.29) is 18.7 Å². The molecule has 1 aromatic carbocycles. The minimum absolute atomic E-state index is 0.136. The van der Waals surface area contributed by atoms with Crippen LogP contribution >= 0.6 is 0 Å². The van der Waals surface area contributed by atoms with Crippen LogP contribution in [0.1, 0.15) is 10.4 Å². The van der Waals surface area contributed by atoms with Gasteiger partial charge >= 0.3 is 0 Å². The first-order valence-electron chi connectivity index (χ1n) is 5.78. The van der Waals surface area contributed by atoms with Crippen LogP contribution in [0.3, 0.4) is 0 Å². The lowest BCUT2D eigenvalue weighted by Gasteiger charge is -2.20. The van der Waals surface area contributed by atoms with Gasteiger partial charge in [0, 0.05) is 11.9 Å². The summed E-state index contributed by atoms with van der Waals surface area (Å²) < 4.78 is 30.1. The Morgan fingerprint density at radius 1 is 1.37 bits per heavy atom. The maximum absolute atomic E-state index is 12.4. The van der Waals surface area contributed by atoms with E-state index in [1.54, 1.807) is 24.3 Å². The molecule has 2 aromatic rings. The lowest BCUT2D eigenvalue weighted by molar-refractivity contribution is 0.0510. The summed E-state index contributed by atoms with van der Waals surface area (Å²) in [4.78, 5) is 13.1. The molecule has 0 saturated heterocycles. The molecule has 0 fully saturated rings. The molecule has 1 heterocycles. The van der Waals surface area contributed by atoms with Crippen LogP contribution in [0.15, 0.2) is 34.9 Å². The number of rotatable bonds is 5. The molecule has 0 radical (unpaired) electrons. The highest BCUT2D eigenvalue weighted by Gasteiger charge is 2.22. The van der Waals surface area contributed by atoms with Gasteiger partial charge in [0.1, 0.15) is 11.8 Å². The normalized spacial score (nSPS) is 11.2. The van der Waals surface area contributed by atoms with Crippen LogP contribution in [0.2, 0.25) is 0 Å². The molecule has 19 heavy (non-hydrogen) atoms. The number of amides is 1. The van der Waals surface area contributed by atoms with E-state index >= 15 is 0 Å². The Morgan fingerprint density at radius 2 is 2.11 bits per heavy atom. The fourth-order valence-corrected chi connectivity index (χ4v) is 1.88. The maximum Gasteiger partial charge on any atom is 0.258 e. The second-order valence-electron chi connectivity index (χ2n) is 4.01. The van der Waals surface area contributed by atoms with Crippen molar-refractivity contribution in [2.24, 2.45) is 0 Å². The molecule has 0 aliphatic carbocycles. The highest BCUT2D eigenvalue weighted by molar-refractivity contribution is 6.05. The Kier molecular flexibility index (Phi) is 4.11. The van der Waals surface area contributed by atoms with Gasteiger partial charge < -0.3 is 14.4 Å². The van der Waals surface area contributed by atoms with Crippen molar-refractivity contribution in [1.29, 1.82) is 0 Å². The number of fused-ring (bicyclic) bond motifs is 1. The van der Waals surface area contributed by atoms with Gasteiger partial charge in [-0.05, 0) is 6.07 Å². The molecular formula is C13H13F2NO3. The van der Waals surface area contributed by atoms with Gasteiger partial charge in [0.15, 0.2) is 0 Å². The quantitative estimate of drug-likeness (QED) is 0.904. The summed E-state index contributed by atoms with van der Waals surface area (Å²) in [7, 11) is 0. The van der Waals surface area contributed by atoms with E-state index in [0.717, 1.165) is 4.90 Å². The van der Waals surface area contributed by atoms with E-state index in [0.29, 0.717) is 11.0 Å². The average Bonchev–Trinajstić information content (AvgIpc) is 2.80. The number of aliphatic hydroxyl groups is 1. The van der Waals surface area contributed by atoms with Crippen molar-refractivity contribution in [2.45, 2.75) is 6.43 Å². The molecule has 1 N–H and O–H groups in total. The van der Waals surface area contributed by atoms with Crippen molar-refractivity contribution in [3.05, 3.63) is 36.1 Å². The summed E-state index contributed by atoms with van der Waals surface area (Å²) in [6, 6.07) is 6.87. The number of aliphatic hydroxyl groups excluding tert-OH is 1. The molecule has 102 valence electrons. The van der Waals surface area contributed by atoms with E-state index < -0.39 is 18.9 Å². The van der Waals surface area contributed by atoms with Gasteiger partial charge in [-0.25, -0.2) is 8.78 Å². The van der Waals surface area contributed by atoms with Crippen molar-refractivity contribution < 1.29 is 23.1 Å². The van der Waals surface area contributed by atoms with Gasteiger partial charge in [0.2, 0.25) is 0 Å². The molecule has 0 saturated carbocycles. The van der Waals surface area contributed by atoms with Crippen LogP contribution in [0.5, 0.6) is 0 Å². The lowest BCUT2D eigenvalue weighted by atomic mass is 10.1. The molecule has 4 nitrogen and oxygen atoms in total. The predicted octanol–water partition coefficient (Wildman–Crippen LogP) is 2.13. The number of halogens is 2. The largest absolute Gasteiger partial charge is 0.463 e. The standard InChI is InChI=1S/C13H13F2NO3/c14-12(15)7-16(5-6-17)13(18)10-8-19-11-4-2-1-3-9(10)11/h1-4,8,12,17H,5-7H2. The van der Waals surface area contributed by atoms with E-state index in [1.807, 2.05) is 0 Å². The van der Waals surface area contributed by atoms with E-state index in [2.05, 4.69) is 0 Å². The number of nitrogens with zero attached hydrogens (tertiary/aromatic N) is 1. The van der Waals surface area contributed by atoms with Crippen LogP contribution in [-0.2, 0) is 0 Å². The molecule has 0 spiro atoms. The molecule has 0 aliphatic rings. The van der Waals surface area contributed by atoms with Crippen LogP contribution in [0.4, 0.5) is 8.78 Å². The zero-order valence-electron chi connectivity index (χ0n) is 10.1. The molecule has 0 bridgehead atoms. The topological polar surface area (TPSA) is 53.7 Å². The Hall–Kier alpha value is -1.95. The summed E-state index contributed by atoms with van der Waals surface area (Å²) in [5.74, 6) is -0.570. The first-order chi connectivity index (χ1) is 9.13. The zero-order valence-corrected chi connectivity index (χ0v) is 10.1. The second-order valence-corrected chi connectivity index (χ2v) is 4.01. The van der Waals surface area contributed by atoms with Gasteiger partial charge in [-0.15, -0.1) is 0 Å². The average molecular weight is 269 g/mol. The van der Waals surface area contributed by atoms with Gasteiger partial charge in [-0.2, -0.15) is 0 Å². The van der Waals surface area contributed by atoms with Crippen molar-refractivity contribution in [3.63, 3.8) is 0 Å². The number of alkyl halides is 2. The van der Waals surface area contributed by atoms with Crippen LogP contribution < -0.4 is 0 Å². The molecule has 2 rings (SSSR count). The van der Waals surface area contributed by atoms with E-state index in [9.17, 15) is 13.6 Å². The van der Waals surface area contributed by atoms with Crippen LogP contribution in [0.25, 0.3) is 11.0 Å². The third kappa shape index (κ3) is 2.90. The molecule has 0 unspecified atom stereocenters. The number of hydrogen-bond acceptors (Lipinski definition) is 3. The highest BCUT2D eigenvalue weighted by Crippen LogP contribution is 2.22. The summed E-state index contributed by atoms with van der Waals surface area (Å²) >= 11 is 0. The number of para-hydroxylation sites is 1. The van der Waals surface area contributed by atoms with E-state index in [4.69, 9.17) is 9.52 Å². The zero-order chi connectivity index (χ0) is 13.8. The molecule has 1 amide bonds. The maximum atomic E-state index is 12.4. The Balaban J connectivity index is 2.30. The smallest absolute Gasteiger partial charge is 0.258 e. The van der Waals surface area contributed by atoms with Gasteiger partial charge in [-0.1, -0.05) is 18.2 Å². The number of carbonyl (C=O) groups excluding carboxylic acids is 1. The molecular weight excluding hydrogens is 256 g/mol. The first-order valence-corrected chi connectivity index (χ1v) is 5.78. The van der Waals surface area contributed by atoms with Crippen LogP contribution in [0, 0.1) is 0 Å². The summed E-state index contributed by atoms with van der Waals surface area (Å²) in [6.07, 6.45) is -1.39. The summed E-state index contributed by atoms with van der Waals surface area (Å²) in [5, 5.41) is 9.42. The van der Waals surface area contributed by atoms with Gasteiger partial charge in [0.05, 0.1) is 18.7 Å². The fourth-order valence-electron chi connectivity index (χ4n) is 1.88. The number of furan rings is 1. The Labute approximate surface area is 108 Å². The lowest BCUT2D eigenvalue weighted by Crippen LogP contribution is -2.37. The third-order valence-corrected chi connectivity index (χ3v) is 2.73. The van der Waals surface area contributed by atoms with Gasteiger partial charge in [-0.3, -0.25) is 4.79 Å². The molecule has 1 aromatic heterocycles. The van der Waals surface area contributed by atoms with Crippen molar-refractivity contribution in [3.8, 4) is 0 Å². The van der Waals surface area contributed by atoms with Crippen molar-refractivity contribution in [2.75, 3.05) is 19.7 Å². The van der Waals surface area contributed by atoms with Crippen molar-refractivity contribution in [1.82, 2.24) is 4.90 Å². The number of benzene rings is 1. The predicted molar refractivity (Wildman–Crippen MR) is 65.2 cm³/mol. The SMILES string of the molecule is O=C(c1coc2ccccc12)N(CCO)CC(F)F. The first kappa shape index (κ1) is 13.5. The number of carbonyl (C=O) groups is 1. The van der Waals surface area contributed by atoms with E-state index in [1.165, 1.54) is 6.26 Å². The van der Waals surface area contributed by atoms with Gasteiger partial charge in [0.25, 0.3) is 12.3 Å². The van der Waals surface area contributed by atoms with Crippen molar-refractivity contribution >= 4 is 16.9 Å². The molecule has 0 atom stereocenters. The summed E-state index contributed by atoms with van der Waals surface area (Å²) in [6.45, 7) is -1.21. The third-order valence-electron chi connectivity index (χ3n) is 2.73. The minimum atomic E-state index is -2.64. The monoisotopic (exact) mass is 269 g/mol. The molecule has 0 aliphatic heterocycles. The van der Waals surface area contributed by atoms with Crippen LogP contribution in [-0.4, -0.2) is 42.0 Å². The minimum Gasteiger partial charge on any atom is -0.463 e. The Bertz CT molecular complexity index is 568. The number of hydrogen-bond donors (Lipinski definition) is 1.